The van der Waals surface area contributed by atoms with E-state index >= 15 is 0 Å². The Labute approximate surface area is 147 Å². The average Bonchev–Trinajstić information content (AvgIpc) is 2.61. The maximum absolute atomic E-state index is 13.5. The van der Waals surface area contributed by atoms with Crippen LogP contribution in [0.25, 0.3) is 0 Å². The van der Waals surface area contributed by atoms with Crippen molar-refractivity contribution in [3.8, 4) is 5.75 Å². The number of esters is 1. The molecule has 26 heavy (non-hydrogen) atoms. The minimum absolute atomic E-state index is 0.0783. The normalized spacial score (nSPS) is 10.1. The second kappa shape index (κ2) is 8.56. The fourth-order valence-corrected chi connectivity index (χ4v) is 2.05. The number of nitro groups is 1. The molecule has 0 aromatic heterocycles. The monoisotopic (exact) mass is 362 g/mol. The smallest absolute Gasteiger partial charge is 0.341 e. The number of ether oxygens (including phenoxy) is 2. The molecule has 2 aromatic rings. The molecule has 0 unspecified atom stereocenters. The molecule has 9 heteroatoms. The highest BCUT2D eigenvalue weighted by Crippen LogP contribution is 2.29. The van der Waals surface area contributed by atoms with Gasteiger partial charge in [0, 0.05) is 0 Å². The number of nitrogens with zero attached hydrogens (tertiary/aromatic N) is 1. The molecule has 0 aliphatic carbocycles. The summed E-state index contributed by atoms with van der Waals surface area (Å²) in [6.45, 7) is 1.33. The van der Waals surface area contributed by atoms with Crippen molar-refractivity contribution >= 4 is 23.3 Å². The van der Waals surface area contributed by atoms with Gasteiger partial charge in [-0.1, -0.05) is 12.1 Å². The van der Waals surface area contributed by atoms with Gasteiger partial charge in [-0.05, 0) is 31.2 Å². The summed E-state index contributed by atoms with van der Waals surface area (Å²) in [7, 11) is 0. The molecule has 8 nitrogen and oxygen atoms in total. The Hall–Kier alpha value is -3.49. The van der Waals surface area contributed by atoms with E-state index in [4.69, 9.17) is 9.47 Å². The average molecular weight is 362 g/mol. The number of anilines is 1. The Morgan fingerprint density at radius 3 is 2.62 bits per heavy atom. The summed E-state index contributed by atoms with van der Waals surface area (Å²) in [5, 5.41) is 13.4. The highest BCUT2D eigenvalue weighted by molar-refractivity contribution is 5.97. The lowest BCUT2D eigenvalue weighted by molar-refractivity contribution is -0.384. The molecular formula is C17H15FN2O6. The fourth-order valence-electron chi connectivity index (χ4n) is 2.05. The maximum Gasteiger partial charge on any atom is 0.341 e. The first kappa shape index (κ1) is 18.8. The number of nitro benzene ring substituents is 1. The van der Waals surface area contributed by atoms with Crippen LogP contribution in [0.2, 0.25) is 0 Å². The van der Waals surface area contributed by atoms with Crippen molar-refractivity contribution in [3.63, 3.8) is 0 Å². The van der Waals surface area contributed by atoms with Crippen LogP contribution in [0.15, 0.2) is 42.5 Å². The van der Waals surface area contributed by atoms with E-state index in [2.05, 4.69) is 5.32 Å². The molecule has 0 radical (unpaired) electrons. The maximum atomic E-state index is 13.5. The molecule has 2 aromatic carbocycles. The predicted octanol–water partition coefficient (Wildman–Crippen LogP) is 2.93. The largest absolute Gasteiger partial charge is 0.494 e. The van der Waals surface area contributed by atoms with Crippen LogP contribution in [0.5, 0.6) is 5.75 Å². The second-order valence-electron chi connectivity index (χ2n) is 4.97. The van der Waals surface area contributed by atoms with E-state index in [9.17, 15) is 24.1 Å². The van der Waals surface area contributed by atoms with Crippen molar-refractivity contribution in [1.29, 1.82) is 0 Å². The van der Waals surface area contributed by atoms with Crippen LogP contribution >= 0.6 is 0 Å². The minimum atomic E-state index is -1.01. The van der Waals surface area contributed by atoms with Gasteiger partial charge in [0.25, 0.3) is 11.6 Å². The molecule has 0 spiro atoms. The second-order valence-corrected chi connectivity index (χ2v) is 4.97. The van der Waals surface area contributed by atoms with Gasteiger partial charge in [-0.2, -0.15) is 0 Å². The van der Waals surface area contributed by atoms with Gasteiger partial charge in [0.2, 0.25) is 0 Å². The Kier molecular flexibility index (Phi) is 6.20. The van der Waals surface area contributed by atoms with Crippen molar-refractivity contribution < 1.29 is 28.4 Å². The van der Waals surface area contributed by atoms with E-state index in [1.807, 2.05) is 0 Å². The number of halogens is 1. The molecule has 1 N–H and O–H groups in total. The number of benzene rings is 2. The molecule has 1 amide bonds. The third kappa shape index (κ3) is 4.76. The highest BCUT2D eigenvalue weighted by Gasteiger charge is 2.19. The number of amides is 1. The lowest BCUT2D eigenvalue weighted by atomic mass is 10.2. The summed E-state index contributed by atoms with van der Waals surface area (Å²) < 4.78 is 23.4. The van der Waals surface area contributed by atoms with Gasteiger partial charge in [-0.25, -0.2) is 9.18 Å². The predicted molar refractivity (Wildman–Crippen MR) is 89.6 cm³/mol. The zero-order chi connectivity index (χ0) is 19.1. The number of rotatable bonds is 7. The fraction of sp³-hybridized carbons (Fsp3) is 0.176. The van der Waals surface area contributed by atoms with Gasteiger partial charge >= 0.3 is 5.97 Å². The molecule has 136 valence electrons. The Bertz CT molecular complexity index is 840. The van der Waals surface area contributed by atoms with Crippen molar-refractivity contribution in [1.82, 2.24) is 0 Å². The van der Waals surface area contributed by atoms with Crippen molar-refractivity contribution in [2.75, 3.05) is 18.5 Å². The van der Waals surface area contributed by atoms with E-state index in [1.54, 1.807) is 6.92 Å². The molecule has 0 saturated heterocycles. The Morgan fingerprint density at radius 2 is 1.96 bits per heavy atom. The van der Waals surface area contributed by atoms with Crippen molar-refractivity contribution in [2.24, 2.45) is 0 Å². The lowest BCUT2D eigenvalue weighted by Gasteiger charge is -2.09. The summed E-state index contributed by atoms with van der Waals surface area (Å²) >= 11 is 0. The molecule has 2 rings (SSSR count). The highest BCUT2D eigenvalue weighted by atomic mass is 19.1. The molecule has 0 saturated carbocycles. The Morgan fingerprint density at radius 1 is 1.23 bits per heavy atom. The molecule has 0 aliphatic heterocycles. The number of hydrogen-bond donors (Lipinski definition) is 1. The third-order valence-electron chi connectivity index (χ3n) is 3.18. The van der Waals surface area contributed by atoms with Crippen LogP contribution in [0, 0.1) is 15.9 Å². The van der Waals surface area contributed by atoms with Crippen LogP contribution in [-0.2, 0) is 9.53 Å². The van der Waals surface area contributed by atoms with Gasteiger partial charge in [0.05, 0.1) is 23.2 Å². The zero-order valence-corrected chi connectivity index (χ0v) is 13.7. The third-order valence-corrected chi connectivity index (χ3v) is 3.18. The summed E-state index contributed by atoms with van der Waals surface area (Å²) in [5.41, 5.74) is -0.762. The molecular weight excluding hydrogens is 347 g/mol. The van der Waals surface area contributed by atoms with Crippen molar-refractivity contribution in [2.45, 2.75) is 6.92 Å². The van der Waals surface area contributed by atoms with Crippen LogP contribution in [-0.4, -0.2) is 30.0 Å². The topological polar surface area (TPSA) is 108 Å². The van der Waals surface area contributed by atoms with E-state index in [1.165, 1.54) is 36.4 Å². The minimum Gasteiger partial charge on any atom is -0.494 e. The summed E-state index contributed by atoms with van der Waals surface area (Å²) in [4.78, 5) is 34.1. The first-order chi connectivity index (χ1) is 12.4. The quantitative estimate of drug-likeness (QED) is 0.461. The SMILES string of the molecule is CCOc1ccc(NC(=O)COC(=O)c2ccccc2F)c([N+](=O)[O-])c1. The lowest BCUT2D eigenvalue weighted by Crippen LogP contribution is -2.21. The van der Waals surface area contributed by atoms with Gasteiger partial charge in [-0.3, -0.25) is 14.9 Å². The first-order valence-corrected chi connectivity index (χ1v) is 7.55. The molecule has 0 heterocycles. The first-order valence-electron chi connectivity index (χ1n) is 7.55. The summed E-state index contributed by atoms with van der Waals surface area (Å²) in [6, 6.07) is 9.08. The van der Waals surface area contributed by atoms with E-state index in [-0.39, 0.29) is 22.7 Å². The number of hydrogen-bond acceptors (Lipinski definition) is 6. The Balaban J connectivity index is 2.02. The van der Waals surface area contributed by atoms with Gasteiger partial charge in [0.15, 0.2) is 6.61 Å². The standard InChI is InChI=1S/C17H15FN2O6/c1-2-25-11-7-8-14(15(9-11)20(23)24)19-16(21)10-26-17(22)12-5-3-4-6-13(12)18/h3-9H,2,10H2,1H3,(H,19,21). The van der Waals surface area contributed by atoms with Gasteiger partial charge < -0.3 is 14.8 Å². The van der Waals surface area contributed by atoms with E-state index in [0.29, 0.717) is 6.61 Å². The molecule has 0 atom stereocenters. The van der Waals surface area contributed by atoms with Crippen LogP contribution in [0.3, 0.4) is 0 Å². The van der Waals surface area contributed by atoms with Gasteiger partial charge in [0.1, 0.15) is 17.3 Å². The van der Waals surface area contributed by atoms with E-state index in [0.717, 1.165) is 6.07 Å². The number of carbonyl (C=O) groups excluding carboxylic acids is 2. The van der Waals surface area contributed by atoms with Crippen LogP contribution in [0.1, 0.15) is 17.3 Å². The number of carbonyl (C=O) groups is 2. The molecule has 0 bridgehead atoms. The molecule has 0 fully saturated rings. The van der Waals surface area contributed by atoms with Crippen molar-refractivity contribution in [3.05, 3.63) is 64.0 Å². The zero-order valence-electron chi connectivity index (χ0n) is 13.7. The van der Waals surface area contributed by atoms with Crippen LogP contribution < -0.4 is 10.1 Å². The number of nitrogens with one attached hydrogen (secondary N) is 1. The van der Waals surface area contributed by atoms with Crippen LogP contribution in [0.4, 0.5) is 15.8 Å². The van der Waals surface area contributed by atoms with E-state index < -0.39 is 29.2 Å². The summed E-state index contributed by atoms with van der Waals surface area (Å²) in [5.74, 6) is -2.32. The molecule has 0 aliphatic rings. The van der Waals surface area contributed by atoms with Gasteiger partial charge in [-0.15, -0.1) is 0 Å². The summed E-state index contributed by atoms with van der Waals surface area (Å²) in [6.07, 6.45) is 0.